The first-order valence-corrected chi connectivity index (χ1v) is 15.9. The third-order valence-electron chi connectivity index (χ3n) is 9.54. The molecule has 3 N–H and O–H groups in total. The van der Waals surface area contributed by atoms with Crippen molar-refractivity contribution in [3.05, 3.63) is 115 Å². The molecule has 0 saturated heterocycles. The fourth-order valence-electron chi connectivity index (χ4n) is 6.91. The van der Waals surface area contributed by atoms with Gasteiger partial charge in [-0.3, -0.25) is 14.6 Å². The average Bonchev–Trinajstić information content (AvgIpc) is 3.61. The van der Waals surface area contributed by atoms with Crippen molar-refractivity contribution in [2.24, 2.45) is 0 Å². The van der Waals surface area contributed by atoms with Crippen LogP contribution in [0.25, 0.3) is 39.7 Å². The predicted molar refractivity (Wildman–Crippen MR) is 183 cm³/mol. The van der Waals surface area contributed by atoms with E-state index in [0.717, 1.165) is 12.1 Å². The Morgan fingerprint density at radius 3 is 2.21 bits per heavy atom. The average molecular weight is 726 g/mol. The molecule has 268 valence electrons. The van der Waals surface area contributed by atoms with Gasteiger partial charge < -0.3 is 24.4 Å². The number of alkyl halides is 3. The number of pyridine rings is 1. The predicted octanol–water partition coefficient (Wildman–Crippen LogP) is 5.75. The number of nitrogens with zero attached hydrogens (tertiary/aromatic N) is 4. The minimum Gasteiger partial charge on any atom is -0.507 e. The number of benzene rings is 3. The lowest BCUT2D eigenvalue weighted by atomic mass is 9.71. The molecule has 6 aromatic rings. The number of aromatic hydroxyl groups is 2. The molecule has 16 heteroatoms. The minimum atomic E-state index is -4.88. The van der Waals surface area contributed by atoms with E-state index in [1.54, 1.807) is 44.2 Å². The third-order valence-corrected chi connectivity index (χ3v) is 9.54. The maximum atomic E-state index is 14.6. The topological polar surface area (TPSA) is 171 Å². The largest absolute Gasteiger partial charge is 0.573 e. The van der Waals surface area contributed by atoms with Crippen molar-refractivity contribution < 1.29 is 42.4 Å². The SMILES string of the molecule is COc1ccc(-n2c(=O)[nH]c(=O)c3ccc(-c4c(O)c(C)c(O)c5c4OC4=Cc6c(c(C)nn6-c6ccc(OC(F)(F)F)cc6)C(=O)[C@@]45C)nc32)cc1. The van der Waals surface area contributed by atoms with E-state index in [1.165, 1.54) is 47.5 Å². The number of halogens is 3. The summed E-state index contributed by atoms with van der Waals surface area (Å²) >= 11 is 0. The molecule has 2 aliphatic rings. The Morgan fingerprint density at radius 2 is 1.55 bits per heavy atom. The van der Waals surface area contributed by atoms with Crippen LogP contribution in [0, 0.1) is 13.8 Å². The molecule has 8 rings (SSSR count). The number of carbonyl (C=O) groups is 1. The minimum absolute atomic E-state index is 0.0114. The molecule has 3 aromatic carbocycles. The number of fused-ring (bicyclic) bond motifs is 5. The van der Waals surface area contributed by atoms with Crippen LogP contribution in [0.15, 0.2) is 76.0 Å². The number of phenols is 2. The Morgan fingerprint density at radius 1 is 0.887 bits per heavy atom. The van der Waals surface area contributed by atoms with Gasteiger partial charge in [-0.15, -0.1) is 13.2 Å². The quantitative estimate of drug-likeness (QED) is 0.199. The van der Waals surface area contributed by atoms with Crippen LogP contribution in [0.5, 0.6) is 28.7 Å². The lowest BCUT2D eigenvalue weighted by molar-refractivity contribution is -0.274. The number of nitrogens with one attached hydrogen (secondary N) is 1. The molecule has 53 heavy (non-hydrogen) atoms. The highest BCUT2D eigenvalue weighted by molar-refractivity contribution is 6.14. The number of aryl methyl sites for hydroxylation is 1. The van der Waals surface area contributed by atoms with E-state index in [2.05, 4.69) is 19.8 Å². The summed E-state index contributed by atoms with van der Waals surface area (Å²) in [5, 5.41) is 27.6. The van der Waals surface area contributed by atoms with Crippen LogP contribution < -0.4 is 25.5 Å². The Balaban J connectivity index is 1.30. The molecule has 4 heterocycles. The molecular weight excluding hydrogens is 699 g/mol. The van der Waals surface area contributed by atoms with Crippen LogP contribution in [-0.4, -0.2) is 53.8 Å². The highest BCUT2D eigenvalue weighted by atomic mass is 19.4. The molecule has 0 radical (unpaired) electrons. The van der Waals surface area contributed by atoms with E-state index in [0.29, 0.717) is 22.8 Å². The number of allylic oxidation sites excluding steroid dienone is 1. The van der Waals surface area contributed by atoms with Gasteiger partial charge in [-0.2, -0.15) is 5.10 Å². The number of methoxy groups -OCH3 is 1. The second kappa shape index (κ2) is 11.3. The molecule has 1 aliphatic carbocycles. The van der Waals surface area contributed by atoms with Crippen molar-refractivity contribution in [2.75, 3.05) is 7.11 Å². The number of ketones is 1. The van der Waals surface area contributed by atoms with E-state index >= 15 is 0 Å². The molecule has 3 aromatic heterocycles. The zero-order valence-electron chi connectivity index (χ0n) is 28.1. The van der Waals surface area contributed by atoms with Gasteiger partial charge in [0.05, 0.1) is 57.6 Å². The first-order valence-electron chi connectivity index (χ1n) is 15.9. The van der Waals surface area contributed by atoms with Crippen LogP contribution in [0.1, 0.15) is 39.8 Å². The first-order chi connectivity index (χ1) is 25.1. The Bertz CT molecular complexity index is 2710. The van der Waals surface area contributed by atoms with Crippen molar-refractivity contribution in [3.63, 3.8) is 0 Å². The fourth-order valence-corrected chi connectivity index (χ4v) is 6.91. The van der Waals surface area contributed by atoms with Crippen molar-refractivity contribution in [1.82, 2.24) is 24.3 Å². The molecule has 0 bridgehead atoms. The summed E-state index contributed by atoms with van der Waals surface area (Å²) in [6.45, 7) is 4.61. The monoisotopic (exact) mass is 725 g/mol. The van der Waals surface area contributed by atoms with E-state index in [-0.39, 0.29) is 56.2 Å². The molecule has 0 amide bonds. The number of Topliss-reactive ketones (excluding diaryl/α,β-unsaturated/α-hetero) is 1. The summed E-state index contributed by atoms with van der Waals surface area (Å²) in [5.74, 6) is -1.26. The third kappa shape index (κ3) is 4.89. The second-order valence-corrected chi connectivity index (χ2v) is 12.6. The van der Waals surface area contributed by atoms with Crippen LogP contribution in [-0.2, 0) is 5.41 Å². The molecule has 0 unspecified atom stereocenters. The maximum Gasteiger partial charge on any atom is 0.573 e. The number of hydrogen-bond donors (Lipinski definition) is 3. The van der Waals surface area contributed by atoms with Gasteiger partial charge in [0.15, 0.2) is 11.4 Å². The Hall–Kier alpha value is -6.84. The normalized spacial score (nSPS) is 16.1. The number of carbonyl (C=O) groups excluding carboxylic acids is 1. The van der Waals surface area contributed by atoms with Crippen LogP contribution in [0.3, 0.4) is 0 Å². The zero-order chi connectivity index (χ0) is 37.7. The highest BCUT2D eigenvalue weighted by Gasteiger charge is 2.55. The number of aromatic amines is 1. The lowest BCUT2D eigenvalue weighted by Crippen LogP contribution is -2.36. The number of hydrogen-bond acceptors (Lipinski definition) is 10. The summed E-state index contributed by atoms with van der Waals surface area (Å²) in [6, 6.07) is 14.3. The molecule has 0 fully saturated rings. The van der Waals surface area contributed by atoms with Gasteiger partial charge in [-0.25, -0.2) is 19.0 Å². The van der Waals surface area contributed by atoms with E-state index in [9.17, 15) is 37.8 Å². The van der Waals surface area contributed by atoms with Crippen molar-refractivity contribution in [3.8, 4) is 51.4 Å². The van der Waals surface area contributed by atoms with E-state index < -0.39 is 46.1 Å². The Kier molecular flexibility index (Phi) is 7.12. The number of ether oxygens (including phenoxy) is 3. The van der Waals surface area contributed by atoms with Gasteiger partial charge in [0.1, 0.15) is 39.9 Å². The molecule has 0 spiro atoms. The van der Waals surface area contributed by atoms with Gasteiger partial charge in [-0.1, -0.05) is 0 Å². The van der Waals surface area contributed by atoms with Gasteiger partial charge in [0, 0.05) is 11.6 Å². The van der Waals surface area contributed by atoms with E-state index in [4.69, 9.17) is 9.47 Å². The van der Waals surface area contributed by atoms with Crippen molar-refractivity contribution in [2.45, 2.75) is 32.5 Å². The second-order valence-electron chi connectivity index (χ2n) is 12.6. The van der Waals surface area contributed by atoms with Crippen LogP contribution >= 0.6 is 0 Å². The van der Waals surface area contributed by atoms with E-state index in [1.807, 2.05) is 0 Å². The summed E-state index contributed by atoms with van der Waals surface area (Å²) in [5.41, 5.74) is -1.61. The zero-order valence-corrected chi connectivity index (χ0v) is 28.1. The standard InChI is InChI=1S/C37H26F3N5O8/c1-16-29(46)27(23-14-13-22-33(41-23)44(35(50)42-34(22)49)18-5-9-20(51-4)10-6-18)31-28(30(16)47)36(3)25(52-31)15-24-26(32(36)48)17(2)43-45(24)19-7-11-21(12-8-19)53-37(38,39)40/h5-15,46-47H,1-4H3,(H,42,49,50)/t36-/m0/s1. The molecule has 1 atom stereocenters. The van der Waals surface area contributed by atoms with Gasteiger partial charge in [0.2, 0.25) is 0 Å². The van der Waals surface area contributed by atoms with Gasteiger partial charge >= 0.3 is 12.1 Å². The smallest absolute Gasteiger partial charge is 0.507 e. The fraction of sp³-hybridized carbons (Fsp3) is 0.162. The summed E-state index contributed by atoms with van der Waals surface area (Å²) in [4.78, 5) is 47.6. The number of phenolic OH excluding ortho intramolecular Hbond substituents is 2. The van der Waals surface area contributed by atoms with Crippen molar-refractivity contribution >= 4 is 22.9 Å². The summed E-state index contributed by atoms with van der Waals surface area (Å²) in [7, 11) is 1.49. The van der Waals surface area contributed by atoms with Gasteiger partial charge in [0.25, 0.3) is 5.56 Å². The molecular formula is C37H26F3N5O8. The molecule has 1 aliphatic heterocycles. The molecule has 13 nitrogen and oxygen atoms in total. The number of aromatic nitrogens is 5. The van der Waals surface area contributed by atoms with Crippen molar-refractivity contribution in [1.29, 1.82) is 0 Å². The summed E-state index contributed by atoms with van der Waals surface area (Å²) in [6.07, 6.45) is -3.34. The van der Waals surface area contributed by atoms with Gasteiger partial charge in [-0.05, 0) is 81.4 Å². The first kappa shape index (κ1) is 33.3. The Labute approximate surface area is 295 Å². The number of rotatable bonds is 5. The molecule has 0 saturated carbocycles. The van der Waals surface area contributed by atoms with Crippen LogP contribution in [0.2, 0.25) is 0 Å². The summed E-state index contributed by atoms with van der Waals surface area (Å²) < 4.78 is 56.4. The number of H-pyrrole nitrogens is 1. The lowest BCUT2D eigenvalue weighted by Gasteiger charge is -2.27. The van der Waals surface area contributed by atoms with Crippen LogP contribution in [0.4, 0.5) is 13.2 Å². The maximum absolute atomic E-state index is 14.6. The highest BCUT2D eigenvalue weighted by Crippen LogP contribution is 2.60.